The van der Waals surface area contributed by atoms with Crippen molar-refractivity contribution in [1.29, 1.82) is 0 Å². The Bertz CT molecular complexity index is 1140. The number of fused-ring (bicyclic) bond motifs is 3. The van der Waals surface area contributed by atoms with E-state index in [1.807, 2.05) is 0 Å². The van der Waals surface area contributed by atoms with Gasteiger partial charge in [-0.05, 0) is 28.8 Å². The van der Waals surface area contributed by atoms with E-state index in [0.29, 0.717) is 22.3 Å². The molecule has 1 aliphatic rings. The lowest BCUT2D eigenvalue weighted by atomic mass is 9.89. The number of aliphatic hydroxyl groups is 2. The van der Waals surface area contributed by atoms with Crippen LogP contribution in [0, 0.1) is 5.41 Å². The molecule has 2 N–H and O–H groups in total. The van der Waals surface area contributed by atoms with E-state index in [0.717, 1.165) is 0 Å². The molecule has 1 aliphatic carbocycles. The second-order valence-electron chi connectivity index (χ2n) is 8.66. The second kappa shape index (κ2) is 7.10. The summed E-state index contributed by atoms with van der Waals surface area (Å²) in [6, 6.07) is 8.90. The lowest BCUT2D eigenvalue weighted by Crippen LogP contribution is -2.41. The number of alkyl halides is 3. The van der Waals surface area contributed by atoms with Crippen molar-refractivity contribution in [2.75, 3.05) is 13.2 Å². The fraction of sp³-hybridized carbons (Fsp3) is 0.348. The summed E-state index contributed by atoms with van der Waals surface area (Å²) in [5.41, 5.74) is -2.54. The monoisotopic (exact) mass is 432 g/mol. The highest BCUT2D eigenvalue weighted by molar-refractivity contribution is 5.93. The Kier molecular flexibility index (Phi) is 4.90. The van der Waals surface area contributed by atoms with Gasteiger partial charge in [0.15, 0.2) is 0 Å². The maximum Gasteiger partial charge on any atom is 0.425 e. The average Bonchev–Trinajstić information content (AvgIpc) is 3.26. The Morgan fingerprint density at radius 3 is 2.42 bits per heavy atom. The molecule has 2 aromatic carbocycles. The summed E-state index contributed by atoms with van der Waals surface area (Å²) in [4.78, 5) is 0. The number of aliphatic hydroxyl groups excluding tert-OH is 1. The van der Waals surface area contributed by atoms with E-state index in [2.05, 4.69) is 5.10 Å². The summed E-state index contributed by atoms with van der Waals surface area (Å²) in [6.45, 7) is 3.51. The minimum absolute atomic E-state index is 0.0894. The van der Waals surface area contributed by atoms with Crippen molar-refractivity contribution in [3.63, 3.8) is 0 Å². The normalized spacial score (nSPS) is 18.1. The van der Waals surface area contributed by atoms with Gasteiger partial charge in [-0.1, -0.05) is 38.1 Å². The number of aromatic nitrogens is 2. The Hall–Kier alpha value is -2.84. The van der Waals surface area contributed by atoms with Gasteiger partial charge in [0.25, 0.3) is 0 Å². The zero-order valence-corrected chi connectivity index (χ0v) is 17.4. The molecule has 1 aromatic heterocycles. The third-order valence-corrected chi connectivity index (χ3v) is 5.57. The third kappa shape index (κ3) is 3.40. The van der Waals surface area contributed by atoms with Gasteiger partial charge in [-0.25, -0.2) is 0 Å². The molecule has 0 radical (unpaired) electrons. The predicted molar refractivity (Wildman–Crippen MR) is 109 cm³/mol. The van der Waals surface area contributed by atoms with Crippen molar-refractivity contribution in [2.24, 2.45) is 12.5 Å². The van der Waals surface area contributed by atoms with E-state index < -0.39 is 17.2 Å². The molecule has 0 saturated heterocycles. The van der Waals surface area contributed by atoms with Crippen molar-refractivity contribution in [3.8, 4) is 28.0 Å². The van der Waals surface area contributed by atoms with E-state index in [1.165, 1.54) is 18.2 Å². The molecule has 5 nitrogen and oxygen atoms in total. The van der Waals surface area contributed by atoms with Crippen LogP contribution in [0.1, 0.15) is 25.0 Å². The van der Waals surface area contributed by atoms with Gasteiger partial charge in [0.05, 0.1) is 19.4 Å². The number of aryl methyl sites for hydroxylation is 1. The van der Waals surface area contributed by atoms with Gasteiger partial charge in [0.1, 0.15) is 5.75 Å². The number of benzene rings is 2. The predicted octanol–water partition coefficient (Wildman–Crippen LogP) is 4.26. The van der Waals surface area contributed by atoms with Crippen LogP contribution in [0.3, 0.4) is 0 Å². The van der Waals surface area contributed by atoms with Crippen LogP contribution >= 0.6 is 0 Å². The van der Waals surface area contributed by atoms with E-state index in [1.54, 1.807) is 56.2 Å². The molecule has 4 rings (SSSR count). The van der Waals surface area contributed by atoms with E-state index >= 15 is 0 Å². The van der Waals surface area contributed by atoms with Crippen molar-refractivity contribution in [2.45, 2.75) is 25.6 Å². The molecule has 3 aromatic rings. The summed E-state index contributed by atoms with van der Waals surface area (Å²) in [5.74, 6) is 0.176. The number of halogens is 3. The summed E-state index contributed by atoms with van der Waals surface area (Å²) >= 11 is 0. The highest BCUT2D eigenvalue weighted by Crippen LogP contribution is 2.58. The standard InChI is InChI=1S/C23H23F3N2O3/c1-21(2,12-29)13-31-15-8-17(14-10-27-28(3)11-14)20-16-6-4-5-7-18(16)22(30,19(20)9-15)23(24,25)26/h4-11,29-30H,12-13H2,1-3H3. The van der Waals surface area contributed by atoms with Gasteiger partial charge >= 0.3 is 6.18 Å². The number of hydrogen-bond acceptors (Lipinski definition) is 4. The van der Waals surface area contributed by atoms with Crippen LogP contribution in [0.25, 0.3) is 22.3 Å². The Labute approximate surface area is 177 Å². The van der Waals surface area contributed by atoms with Crippen molar-refractivity contribution in [3.05, 3.63) is 59.9 Å². The second-order valence-corrected chi connectivity index (χ2v) is 8.66. The van der Waals surface area contributed by atoms with Gasteiger partial charge in [-0.15, -0.1) is 0 Å². The van der Waals surface area contributed by atoms with Crippen molar-refractivity contribution >= 4 is 0 Å². The lowest BCUT2D eigenvalue weighted by molar-refractivity contribution is -0.246. The first-order valence-electron chi connectivity index (χ1n) is 9.78. The Balaban J connectivity index is 1.98. The molecule has 0 amide bonds. The first-order valence-corrected chi connectivity index (χ1v) is 9.78. The smallest absolute Gasteiger partial charge is 0.425 e. The molecular formula is C23H23F3N2O3. The van der Waals surface area contributed by atoms with Gasteiger partial charge < -0.3 is 14.9 Å². The molecule has 8 heteroatoms. The summed E-state index contributed by atoms with van der Waals surface area (Å²) < 4.78 is 50.1. The van der Waals surface area contributed by atoms with Gasteiger partial charge in [0.2, 0.25) is 5.60 Å². The first-order chi connectivity index (χ1) is 14.5. The molecule has 0 spiro atoms. The molecule has 0 saturated carbocycles. The highest BCUT2D eigenvalue weighted by atomic mass is 19.4. The average molecular weight is 432 g/mol. The van der Waals surface area contributed by atoms with Crippen LogP contribution in [-0.4, -0.2) is 39.4 Å². The Morgan fingerprint density at radius 1 is 1.10 bits per heavy atom. The lowest BCUT2D eigenvalue weighted by Gasteiger charge is -2.29. The van der Waals surface area contributed by atoms with Crippen molar-refractivity contribution in [1.82, 2.24) is 9.78 Å². The van der Waals surface area contributed by atoms with Crippen LogP contribution < -0.4 is 4.74 Å². The maximum atomic E-state index is 14.3. The highest BCUT2D eigenvalue weighted by Gasteiger charge is 2.61. The zero-order valence-electron chi connectivity index (χ0n) is 17.4. The molecule has 1 unspecified atom stereocenters. The number of hydrogen-bond donors (Lipinski definition) is 2. The summed E-state index contributed by atoms with van der Waals surface area (Å²) in [6.07, 6.45) is -1.68. The molecule has 164 valence electrons. The molecule has 0 aliphatic heterocycles. The quantitative estimate of drug-likeness (QED) is 0.632. The van der Waals surface area contributed by atoms with Gasteiger partial charge in [0, 0.05) is 35.3 Å². The summed E-state index contributed by atoms with van der Waals surface area (Å²) in [7, 11) is 1.72. The summed E-state index contributed by atoms with van der Waals surface area (Å²) in [5, 5.41) is 24.7. The van der Waals surface area contributed by atoms with Crippen molar-refractivity contribution < 1.29 is 28.1 Å². The Morgan fingerprint density at radius 2 is 1.81 bits per heavy atom. The molecule has 1 atom stereocenters. The molecule has 0 bridgehead atoms. The number of nitrogens with zero attached hydrogens (tertiary/aromatic N) is 2. The number of ether oxygens (including phenoxy) is 1. The van der Waals surface area contributed by atoms with Gasteiger partial charge in [-0.2, -0.15) is 18.3 Å². The van der Waals surface area contributed by atoms with E-state index in [-0.39, 0.29) is 30.1 Å². The van der Waals surface area contributed by atoms with E-state index in [4.69, 9.17) is 4.74 Å². The maximum absolute atomic E-state index is 14.3. The SMILES string of the molecule is Cn1cc(-c2cc(OCC(C)(C)CO)cc3c2-c2ccccc2C3(O)C(F)(F)F)cn1. The molecule has 1 heterocycles. The van der Waals surface area contributed by atoms with Crippen LogP contribution in [0.2, 0.25) is 0 Å². The first kappa shape index (κ1) is 21.4. The minimum atomic E-state index is -4.94. The van der Waals surface area contributed by atoms with Crippen LogP contribution in [-0.2, 0) is 12.6 Å². The van der Waals surface area contributed by atoms with Crippen LogP contribution in [0.4, 0.5) is 13.2 Å². The van der Waals surface area contributed by atoms with E-state index in [9.17, 15) is 23.4 Å². The minimum Gasteiger partial charge on any atom is -0.493 e. The third-order valence-electron chi connectivity index (χ3n) is 5.57. The van der Waals surface area contributed by atoms with Crippen LogP contribution in [0.15, 0.2) is 48.8 Å². The molecule has 0 fully saturated rings. The topological polar surface area (TPSA) is 67.5 Å². The largest absolute Gasteiger partial charge is 0.493 e. The molecule has 31 heavy (non-hydrogen) atoms. The zero-order chi connectivity index (χ0) is 22.6. The van der Waals surface area contributed by atoms with Gasteiger partial charge in [-0.3, -0.25) is 4.68 Å². The fourth-order valence-corrected chi connectivity index (χ4v) is 3.85. The van der Waals surface area contributed by atoms with Crippen LogP contribution in [0.5, 0.6) is 5.75 Å². The molecular weight excluding hydrogens is 409 g/mol. The fourth-order valence-electron chi connectivity index (χ4n) is 3.85. The number of rotatable bonds is 5.